The number of nitrogens with two attached hydrogens (primary N) is 2. The Morgan fingerprint density at radius 3 is 1.59 bits per heavy atom. The zero-order chi connectivity index (χ0) is 65.6. The van der Waals surface area contributed by atoms with E-state index < -0.39 is 34.7 Å². The van der Waals surface area contributed by atoms with Gasteiger partial charge in [-0.25, -0.2) is 13.6 Å². The summed E-state index contributed by atoms with van der Waals surface area (Å²) in [4.78, 5) is 57.8. The lowest BCUT2D eigenvalue weighted by Gasteiger charge is -2.26. The van der Waals surface area contributed by atoms with E-state index in [9.17, 15) is 33.8 Å². The molecule has 0 unspecified atom stereocenters. The number of ether oxygens (including phenoxy) is 7. The fourth-order valence-electron chi connectivity index (χ4n) is 9.24. The number of carbonyl (C=O) groups is 4. The van der Waals surface area contributed by atoms with E-state index in [4.69, 9.17) is 51.5 Å². The first-order valence-electron chi connectivity index (χ1n) is 29.7. The number of carbonyl (C=O) groups excluding carboxylic acids is 4. The number of esters is 1. The van der Waals surface area contributed by atoms with Crippen LogP contribution in [0.15, 0.2) is 152 Å². The molecule has 2 saturated heterocycles. The smallest absolute Gasteiger partial charge is 0.391 e. The number of aliphatic hydroxyl groups excluding tert-OH is 2. The van der Waals surface area contributed by atoms with Crippen molar-refractivity contribution in [3.05, 3.63) is 186 Å². The number of hydrogen-bond donors (Lipinski definition) is 6. The van der Waals surface area contributed by atoms with Gasteiger partial charge < -0.3 is 65.5 Å². The third kappa shape index (κ3) is 22.3. The maximum atomic E-state index is 15.0. The number of amides is 2. The van der Waals surface area contributed by atoms with E-state index in [1.54, 1.807) is 61.8 Å². The fourth-order valence-corrected chi connectivity index (χ4v) is 9.30. The van der Waals surface area contributed by atoms with Gasteiger partial charge in [0, 0.05) is 121 Å². The number of benzene rings is 6. The molecular weight excluding hydrogens is 1210 g/mol. The van der Waals surface area contributed by atoms with Crippen LogP contribution < -0.4 is 41.0 Å². The number of aromatic nitrogens is 2. The van der Waals surface area contributed by atoms with Crippen LogP contribution in [0.4, 0.5) is 20.2 Å². The molecule has 2 fully saturated rings. The van der Waals surface area contributed by atoms with E-state index in [2.05, 4.69) is 41.7 Å². The van der Waals surface area contributed by atoms with Crippen molar-refractivity contribution in [1.29, 1.82) is 0 Å². The third-order valence-electron chi connectivity index (χ3n) is 14.0. The number of rotatable bonds is 23. The number of morpholine rings is 2. The molecule has 0 atom stereocenters. The zero-order valence-electron chi connectivity index (χ0n) is 51.0. The van der Waals surface area contributed by atoms with Crippen LogP contribution in [0.1, 0.15) is 42.0 Å². The molecule has 8 aromatic rings. The highest BCUT2D eigenvalue weighted by Crippen LogP contribution is 2.37. The maximum Gasteiger partial charge on any atom is 0.391 e. The highest BCUT2D eigenvalue weighted by atomic mass is 35.5. The first-order valence-corrected chi connectivity index (χ1v) is 30.1. The van der Waals surface area contributed by atoms with Crippen molar-refractivity contribution in [3.63, 3.8) is 0 Å². The lowest BCUT2D eigenvalue weighted by atomic mass is 10.1. The van der Waals surface area contributed by atoms with Gasteiger partial charge in [-0.1, -0.05) is 67.2 Å². The number of halogens is 3. The van der Waals surface area contributed by atoms with Gasteiger partial charge in [-0.3, -0.25) is 34.2 Å². The number of nitrogen functional groups attached to an aromatic ring is 1. The first kappa shape index (κ1) is 70.1. The molecule has 2 aliphatic heterocycles. The van der Waals surface area contributed by atoms with Crippen molar-refractivity contribution in [3.8, 4) is 34.5 Å². The molecule has 4 heterocycles. The van der Waals surface area contributed by atoms with Gasteiger partial charge in [-0.15, -0.1) is 0 Å². The Hall–Kier alpha value is -9.33. The standard InChI is InChI=1S/C33H35FN4O6.C23H26FN3O4.C8H9N.C4H5ClO3/c34-27-20-25(37-33(41)32(40)36-11-9-23-5-2-1-3-6-23)7-8-30(27)44-29-10-12-35-28-21-31(24(22-39)19-26(28)29)43-16-4-13-38-14-17-42-18-15-38;24-19-13-17(25)2-3-22(19)31-21-4-5-26-20-14-23(16(15-28)12-18(20)21)30-9-1-6-27-7-10-29-11-8-27;1-7(9)8-5-3-2-4-6-8;1-2-8-4(7)3(5)6/h1-3,5-8,10,12,19-21,39H,4,9,11,13-18,22H2,(H,36,40)(H,37,41);2-5,12-14,28H,1,6-11,15,25H2;2-6H,1,9H2;2H2,1H3. The van der Waals surface area contributed by atoms with Crippen molar-refractivity contribution in [2.24, 2.45) is 5.73 Å². The summed E-state index contributed by atoms with van der Waals surface area (Å²) in [6.45, 7) is 14.8. The lowest BCUT2D eigenvalue weighted by molar-refractivity contribution is -0.149. The molecule has 21 nitrogen and oxygen atoms in total. The number of aliphatic hydroxyl groups is 2. The summed E-state index contributed by atoms with van der Waals surface area (Å²) in [5.41, 5.74) is 16.5. The fraction of sp³-hybridized carbons (Fsp3) is 0.294. The van der Waals surface area contributed by atoms with Gasteiger partial charge in [0.1, 0.15) is 23.0 Å². The van der Waals surface area contributed by atoms with Crippen LogP contribution in [0, 0.1) is 11.6 Å². The Morgan fingerprint density at radius 2 is 1.14 bits per heavy atom. The summed E-state index contributed by atoms with van der Waals surface area (Å²) >= 11 is 4.69. The Balaban J connectivity index is 0.000000214. The molecule has 0 radical (unpaired) electrons. The average molecular weight is 1290 g/mol. The van der Waals surface area contributed by atoms with Crippen LogP contribution in [0.2, 0.25) is 0 Å². The molecule has 0 bridgehead atoms. The van der Waals surface area contributed by atoms with E-state index in [0.717, 1.165) is 95.7 Å². The van der Waals surface area contributed by atoms with Crippen LogP contribution in [0.5, 0.6) is 34.5 Å². The lowest BCUT2D eigenvalue weighted by Crippen LogP contribution is -2.37. The van der Waals surface area contributed by atoms with E-state index in [-0.39, 0.29) is 43.6 Å². The summed E-state index contributed by atoms with van der Waals surface area (Å²) in [5, 5.41) is 25.0. The van der Waals surface area contributed by atoms with Gasteiger partial charge in [-0.05, 0) is 97.4 Å². The Bertz CT molecular complexity index is 3710. The van der Waals surface area contributed by atoms with Crippen molar-refractivity contribution >= 4 is 73.5 Å². The molecule has 0 aliphatic carbocycles. The quantitative estimate of drug-likeness (QED) is 0.0114. The minimum absolute atomic E-state index is 0.0655. The molecule has 0 spiro atoms. The molecular formula is C68H75ClF2N8O13. The topological polar surface area (TPSA) is 282 Å². The second-order valence-electron chi connectivity index (χ2n) is 20.6. The molecule has 0 saturated carbocycles. The molecule has 8 N–H and O–H groups in total. The maximum absolute atomic E-state index is 15.0. The summed E-state index contributed by atoms with van der Waals surface area (Å²) in [7, 11) is 0. The summed E-state index contributed by atoms with van der Waals surface area (Å²) in [5.74, 6) is -2.14. The van der Waals surface area contributed by atoms with Crippen LogP contribution in [-0.4, -0.2) is 145 Å². The van der Waals surface area contributed by atoms with Crippen molar-refractivity contribution in [1.82, 2.24) is 25.1 Å². The van der Waals surface area contributed by atoms with Gasteiger partial charge in [0.25, 0.3) is 0 Å². The van der Waals surface area contributed by atoms with Crippen molar-refractivity contribution < 1.29 is 71.3 Å². The number of nitrogens with one attached hydrogen (secondary N) is 2. The highest BCUT2D eigenvalue weighted by Gasteiger charge is 2.19. The van der Waals surface area contributed by atoms with Crippen molar-refractivity contribution in [2.45, 2.75) is 39.4 Å². The predicted octanol–water partition coefficient (Wildman–Crippen LogP) is 9.33. The third-order valence-corrected chi connectivity index (χ3v) is 14.1. The Morgan fingerprint density at radius 1 is 0.641 bits per heavy atom. The molecule has 6 aromatic carbocycles. The number of anilines is 2. The predicted molar refractivity (Wildman–Crippen MR) is 346 cm³/mol. The largest absolute Gasteiger partial charge is 0.493 e. The zero-order valence-corrected chi connectivity index (χ0v) is 51.7. The molecule has 24 heteroatoms. The van der Waals surface area contributed by atoms with Gasteiger partial charge in [0.15, 0.2) is 23.1 Å². The molecule has 486 valence electrons. The van der Waals surface area contributed by atoms with Gasteiger partial charge in [0.2, 0.25) is 0 Å². The molecule has 10 rings (SSSR count). The normalized spacial score (nSPS) is 12.9. The molecule has 2 amide bonds. The van der Waals surface area contributed by atoms with Gasteiger partial charge in [0.05, 0.1) is 70.5 Å². The number of hydrogen-bond acceptors (Lipinski definition) is 19. The number of nitrogens with zero attached hydrogens (tertiary/aromatic N) is 4. The Labute approximate surface area is 536 Å². The minimum Gasteiger partial charge on any atom is -0.493 e. The monoisotopic (exact) mass is 1280 g/mol. The van der Waals surface area contributed by atoms with Crippen LogP contribution in [0.3, 0.4) is 0 Å². The second kappa shape index (κ2) is 37.1. The van der Waals surface area contributed by atoms with Crippen LogP contribution >= 0.6 is 11.6 Å². The number of fused-ring (bicyclic) bond motifs is 2. The Kier molecular flexibility index (Phi) is 28.3. The summed E-state index contributed by atoms with van der Waals surface area (Å²) < 4.78 is 67.7. The first-order chi connectivity index (χ1) is 44.6. The van der Waals surface area contributed by atoms with E-state index >= 15 is 4.39 Å². The van der Waals surface area contributed by atoms with E-state index in [1.807, 2.05) is 60.7 Å². The summed E-state index contributed by atoms with van der Waals surface area (Å²) in [6, 6.07) is 37.7. The molecule has 2 aliphatic rings. The van der Waals surface area contributed by atoms with E-state index in [0.29, 0.717) is 86.9 Å². The minimum atomic E-state index is -1.08. The second-order valence-corrected chi connectivity index (χ2v) is 20.9. The van der Waals surface area contributed by atoms with Crippen molar-refractivity contribution in [2.75, 3.05) is 103 Å². The van der Waals surface area contributed by atoms with Gasteiger partial charge >= 0.3 is 23.0 Å². The molecule has 92 heavy (non-hydrogen) atoms. The average Bonchev–Trinajstić information content (AvgIpc) is 0.888. The van der Waals surface area contributed by atoms with Crippen LogP contribution in [0.25, 0.3) is 27.5 Å². The van der Waals surface area contributed by atoms with Gasteiger partial charge in [-0.2, -0.15) is 0 Å². The summed E-state index contributed by atoms with van der Waals surface area (Å²) in [6.07, 6.45) is 5.41. The highest BCUT2D eigenvalue weighted by molar-refractivity contribution is 6.80. The molecule has 2 aromatic heterocycles. The van der Waals surface area contributed by atoms with Crippen LogP contribution in [-0.2, 0) is 53.0 Å². The van der Waals surface area contributed by atoms with E-state index in [1.165, 1.54) is 24.3 Å². The number of pyridine rings is 2. The SMILES string of the molecule is C=C(N)c1ccccc1.CCOC(=O)C(=O)Cl.Nc1ccc(Oc2ccnc3cc(OCCCN4CCOCC4)c(CO)cc23)c(F)c1.O=C(NCCc1ccccc1)C(=O)Nc1ccc(Oc2ccnc3cc(OCCCN4CCOCC4)c(CO)cc23)c(F)c1.